The van der Waals surface area contributed by atoms with Gasteiger partial charge in [0.15, 0.2) is 0 Å². The lowest BCUT2D eigenvalue weighted by molar-refractivity contribution is -0.139. The molecule has 0 N–H and O–H groups in total. The fraction of sp³-hybridized carbons (Fsp3) is 0.556. The summed E-state index contributed by atoms with van der Waals surface area (Å²) in [7, 11) is 0. The van der Waals surface area contributed by atoms with Crippen molar-refractivity contribution in [3.8, 4) is 0 Å². The van der Waals surface area contributed by atoms with E-state index in [9.17, 15) is 4.79 Å². The standard InChI is InChI=1S/C9H13O3/c1-7(2)9(10)12-6-4-8-3-5-11-8/h1,3-6H2,2H3. The molecule has 0 aromatic rings. The van der Waals surface area contributed by atoms with E-state index in [1.807, 2.05) is 0 Å². The molecule has 0 atom stereocenters. The van der Waals surface area contributed by atoms with Crippen LogP contribution in [0.3, 0.4) is 0 Å². The third kappa shape index (κ3) is 2.66. The second-order valence-electron chi connectivity index (χ2n) is 2.80. The van der Waals surface area contributed by atoms with Gasteiger partial charge in [0.25, 0.3) is 0 Å². The van der Waals surface area contributed by atoms with Crippen LogP contribution in [-0.2, 0) is 14.3 Å². The lowest BCUT2D eigenvalue weighted by atomic mass is 10.1. The third-order valence-corrected chi connectivity index (χ3v) is 1.65. The Balaban J connectivity index is 2.01. The number of hydrogen-bond donors (Lipinski definition) is 0. The first kappa shape index (κ1) is 9.26. The highest BCUT2D eigenvalue weighted by Gasteiger charge is 2.19. The van der Waals surface area contributed by atoms with E-state index in [0.717, 1.165) is 25.6 Å². The molecule has 1 heterocycles. The lowest BCUT2D eigenvalue weighted by Gasteiger charge is -2.24. The van der Waals surface area contributed by atoms with Crippen LogP contribution in [-0.4, -0.2) is 19.2 Å². The zero-order valence-electron chi connectivity index (χ0n) is 7.26. The first-order valence-corrected chi connectivity index (χ1v) is 4.00. The highest BCUT2D eigenvalue weighted by atomic mass is 16.5. The van der Waals surface area contributed by atoms with Crippen molar-refractivity contribution in [3.63, 3.8) is 0 Å². The Bertz CT molecular complexity index is 182. The summed E-state index contributed by atoms with van der Waals surface area (Å²) in [5.74, 6) is -0.324. The number of rotatable bonds is 4. The van der Waals surface area contributed by atoms with Gasteiger partial charge in [-0.25, -0.2) is 4.79 Å². The summed E-state index contributed by atoms with van der Waals surface area (Å²) in [6, 6.07) is 0. The van der Waals surface area contributed by atoms with Gasteiger partial charge in [0.2, 0.25) is 0 Å². The molecule has 1 rings (SSSR count). The van der Waals surface area contributed by atoms with E-state index >= 15 is 0 Å². The molecular formula is C9H13O3. The molecule has 1 aliphatic rings. The van der Waals surface area contributed by atoms with Crippen LogP contribution >= 0.6 is 0 Å². The zero-order valence-corrected chi connectivity index (χ0v) is 7.26. The molecule has 0 spiro atoms. The first-order valence-electron chi connectivity index (χ1n) is 4.00. The largest absolute Gasteiger partial charge is 0.462 e. The summed E-state index contributed by atoms with van der Waals surface area (Å²) in [6.45, 7) is 6.32. The molecule has 1 fully saturated rings. The normalized spacial score (nSPS) is 16.8. The Hall–Kier alpha value is -0.830. The minimum Gasteiger partial charge on any atom is -0.462 e. The molecule has 1 aliphatic heterocycles. The fourth-order valence-corrected chi connectivity index (χ4v) is 0.824. The molecule has 0 amide bonds. The van der Waals surface area contributed by atoms with Crippen LogP contribution in [0.1, 0.15) is 19.8 Å². The SMILES string of the molecule is C=C(C)C(=O)OCC[C]1CCO1. The molecule has 67 valence electrons. The van der Waals surface area contributed by atoms with E-state index in [-0.39, 0.29) is 5.97 Å². The molecule has 0 aromatic carbocycles. The van der Waals surface area contributed by atoms with Crippen molar-refractivity contribution in [2.24, 2.45) is 0 Å². The number of carbonyl (C=O) groups is 1. The van der Waals surface area contributed by atoms with Crippen LogP contribution < -0.4 is 0 Å². The maximum Gasteiger partial charge on any atom is 0.333 e. The van der Waals surface area contributed by atoms with E-state index in [4.69, 9.17) is 9.47 Å². The Morgan fingerprint density at radius 1 is 1.75 bits per heavy atom. The number of carbonyl (C=O) groups excluding carboxylic acids is 1. The highest BCUT2D eigenvalue weighted by molar-refractivity contribution is 5.86. The van der Waals surface area contributed by atoms with Gasteiger partial charge in [-0.1, -0.05) is 6.58 Å². The molecule has 0 saturated carbocycles. The first-order chi connectivity index (χ1) is 5.70. The van der Waals surface area contributed by atoms with Crippen LogP contribution in [0.2, 0.25) is 0 Å². The summed E-state index contributed by atoms with van der Waals surface area (Å²) in [5, 5.41) is 0. The van der Waals surface area contributed by atoms with Gasteiger partial charge in [0, 0.05) is 18.4 Å². The van der Waals surface area contributed by atoms with Crippen molar-refractivity contribution in [1.29, 1.82) is 0 Å². The van der Waals surface area contributed by atoms with Crippen LogP contribution in [0.4, 0.5) is 0 Å². The quantitative estimate of drug-likeness (QED) is 0.472. The monoisotopic (exact) mass is 169 g/mol. The molecule has 0 aromatic heterocycles. The molecule has 1 radical (unpaired) electrons. The Labute approximate surface area is 72.4 Å². The highest BCUT2D eigenvalue weighted by Crippen LogP contribution is 2.22. The van der Waals surface area contributed by atoms with E-state index in [0.29, 0.717) is 12.2 Å². The molecule has 0 bridgehead atoms. The van der Waals surface area contributed by atoms with Crippen molar-refractivity contribution in [2.45, 2.75) is 19.8 Å². The molecule has 0 aliphatic carbocycles. The van der Waals surface area contributed by atoms with Gasteiger partial charge in [-0.15, -0.1) is 0 Å². The van der Waals surface area contributed by atoms with Gasteiger partial charge in [0.05, 0.1) is 13.2 Å². The predicted molar refractivity (Wildman–Crippen MR) is 44.2 cm³/mol. The van der Waals surface area contributed by atoms with Gasteiger partial charge in [-0.2, -0.15) is 0 Å². The Morgan fingerprint density at radius 3 is 2.83 bits per heavy atom. The molecule has 3 heteroatoms. The third-order valence-electron chi connectivity index (χ3n) is 1.65. The molecule has 12 heavy (non-hydrogen) atoms. The summed E-state index contributed by atoms with van der Waals surface area (Å²) >= 11 is 0. The number of hydrogen-bond acceptors (Lipinski definition) is 3. The van der Waals surface area contributed by atoms with Crippen LogP contribution in [0.5, 0.6) is 0 Å². The Morgan fingerprint density at radius 2 is 2.42 bits per heavy atom. The van der Waals surface area contributed by atoms with Crippen molar-refractivity contribution < 1.29 is 14.3 Å². The number of ether oxygens (including phenoxy) is 2. The fourth-order valence-electron chi connectivity index (χ4n) is 0.824. The van der Waals surface area contributed by atoms with Gasteiger partial charge < -0.3 is 9.47 Å². The summed E-state index contributed by atoms with van der Waals surface area (Å²) in [6.07, 6.45) is 2.76. The average molecular weight is 169 g/mol. The van der Waals surface area contributed by atoms with E-state index in [1.54, 1.807) is 6.92 Å². The minimum atomic E-state index is -0.324. The summed E-state index contributed by atoms with van der Waals surface area (Å²) < 4.78 is 9.95. The maximum absolute atomic E-state index is 10.9. The average Bonchev–Trinajstić information content (AvgIpc) is 1.93. The van der Waals surface area contributed by atoms with Crippen LogP contribution in [0.25, 0.3) is 0 Å². The predicted octanol–water partition coefficient (Wildman–Crippen LogP) is 1.45. The van der Waals surface area contributed by atoms with Gasteiger partial charge in [-0.3, -0.25) is 0 Å². The van der Waals surface area contributed by atoms with Crippen LogP contribution in [0, 0.1) is 6.10 Å². The van der Waals surface area contributed by atoms with Crippen molar-refractivity contribution in [2.75, 3.05) is 13.2 Å². The van der Waals surface area contributed by atoms with E-state index in [2.05, 4.69) is 6.58 Å². The van der Waals surface area contributed by atoms with Crippen LogP contribution in [0.15, 0.2) is 12.2 Å². The van der Waals surface area contributed by atoms with Crippen molar-refractivity contribution in [3.05, 3.63) is 18.3 Å². The number of esters is 1. The Kier molecular flexibility index (Phi) is 3.29. The smallest absolute Gasteiger partial charge is 0.333 e. The minimum absolute atomic E-state index is 0.324. The van der Waals surface area contributed by atoms with E-state index < -0.39 is 0 Å². The van der Waals surface area contributed by atoms with Crippen molar-refractivity contribution in [1.82, 2.24) is 0 Å². The summed E-state index contributed by atoms with van der Waals surface area (Å²) in [5.41, 5.74) is 0.439. The molecule has 3 nitrogen and oxygen atoms in total. The molecule has 1 saturated heterocycles. The maximum atomic E-state index is 10.9. The van der Waals surface area contributed by atoms with Gasteiger partial charge in [-0.05, 0) is 6.92 Å². The topological polar surface area (TPSA) is 35.5 Å². The van der Waals surface area contributed by atoms with E-state index in [1.165, 1.54) is 0 Å². The summed E-state index contributed by atoms with van der Waals surface area (Å²) in [4.78, 5) is 10.9. The second-order valence-corrected chi connectivity index (χ2v) is 2.80. The zero-order chi connectivity index (χ0) is 8.97. The van der Waals surface area contributed by atoms with Gasteiger partial charge >= 0.3 is 5.97 Å². The molecule has 0 unspecified atom stereocenters. The second kappa shape index (κ2) is 4.26. The molecular weight excluding hydrogens is 156 g/mol. The lowest BCUT2D eigenvalue weighted by Crippen LogP contribution is -2.20. The van der Waals surface area contributed by atoms with Crippen molar-refractivity contribution >= 4 is 5.97 Å². The van der Waals surface area contributed by atoms with Gasteiger partial charge in [0.1, 0.15) is 6.10 Å².